The summed E-state index contributed by atoms with van der Waals surface area (Å²) in [7, 11) is 0. The molecule has 0 bridgehead atoms. The topological polar surface area (TPSA) is 16.1 Å². The van der Waals surface area contributed by atoms with Gasteiger partial charge >= 0.3 is 0 Å². The third-order valence-electron chi connectivity index (χ3n) is 3.04. The Morgan fingerprint density at radius 3 is 2.93 bits per heavy atom. The van der Waals surface area contributed by atoms with Gasteiger partial charge in [0, 0.05) is 25.0 Å². The standard InChI is InChI=1S/C12H18N2/c1-3-12-7-11-9-14(4-2)6-5-10(11)8-13-12/h7-8H,3-6,9H2,1-2H3. The molecule has 0 saturated heterocycles. The Morgan fingerprint density at radius 2 is 2.21 bits per heavy atom. The fourth-order valence-electron chi connectivity index (χ4n) is 2.01. The lowest BCUT2D eigenvalue weighted by Gasteiger charge is -2.27. The molecular formula is C12H18N2. The van der Waals surface area contributed by atoms with Crippen molar-refractivity contribution in [3.05, 3.63) is 29.1 Å². The van der Waals surface area contributed by atoms with E-state index in [9.17, 15) is 0 Å². The molecule has 14 heavy (non-hydrogen) atoms. The van der Waals surface area contributed by atoms with Gasteiger partial charge in [0.1, 0.15) is 0 Å². The first-order valence-electron chi connectivity index (χ1n) is 5.52. The number of nitrogens with zero attached hydrogens (tertiary/aromatic N) is 2. The van der Waals surface area contributed by atoms with E-state index in [0.29, 0.717) is 0 Å². The van der Waals surface area contributed by atoms with Crippen LogP contribution >= 0.6 is 0 Å². The third-order valence-corrected chi connectivity index (χ3v) is 3.04. The minimum Gasteiger partial charge on any atom is -0.299 e. The zero-order chi connectivity index (χ0) is 9.97. The van der Waals surface area contributed by atoms with Gasteiger partial charge in [-0.25, -0.2) is 0 Å². The van der Waals surface area contributed by atoms with Crippen molar-refractivity contribution in [2.45, 2.75) is 33.2 Å². The normalized spacial score (nSPS) is 16.7. The van der Waals surface area contributed by atoms with E-state index in [0.717, 1.165) is 19.5 Å². The van der Waals surface area contributed by atoms with E-state index in [2.05, 4.69) is 36.0 Å². The van der Waals surface area contributed by atoms with E-state index >= 15 is 0 Å². The van der Waals surface area contributed by atoms with Crippen LogP contribution in [0.25, 0.3) is 0 Å². The summed E-state index contributed by atoms with van der Waals surface area (Å²) in [6, 6.07) is 2.27. The largest absolute Gasteiger partial charge is 0.299 e. The molecule has 2 heterocycles. The molecule has 0 saturated carbocycles. The van der Waals surface area contributed by atoms with Crippen LogP contribution in [-0.4, -0.2) is 23.0 Å². The Hall–Kier alpha value is -0.890. The van der Waals surface area contributed by atoms with Crippen LogP contribution in [0.1, 0.15) is 30.7 Å². The molecule has 0 amide bonds. The maximum Gasteiger partial charge on any atom is 0.0404 e. The molecule has 1 aliphatic rings. The number of rotatable bonds is 2. The number of aromatic nitrogens is 1. The highest BCUT2D eigenvalue weighted by Crippen LogP contribution is 2.18. The van der Waals surface area contributed by atoms with E-state index in [-0.39, 0.29) is 0 Å². The Balaban J connectivity index is 2.25. The Bertz CT molecular complexity index is 320. The molecule has 0 atom stereocenters. The lowest BCUT2D eigenvalue weighted by Crippen LogP contribution is -2.30. The zero-order valence-electron chi connectivity index (χ0n) is 9.08. The SMILES string of the molecule is CCc1cc2c(cn1)CCN(CC)C2. The minimum atomic E-state index is 1.04. The summed E-state index contributed by atoms with van der Waals surface area (Å²) >= 11 is 0. The second-order valence-corrected chi connectivity index (χ2v) is 3.92. The summed E-state index contributed by atoms with van der Waals surface area (Å²) in [6.07, 6.45) is 4.28. The number of hydrogen-bond acceptors (Lipinski definition) is 2. The van der Waals surface area contributed by atoms with Crippen LogP contribution in [0.4, 0.5) is 0 Å². The predicted molar refractivity (Wildman–Crippen MR) is 58.3 cm³/mol. The predicted octanol–water partition coefficient (Wildman–Crippen LogP) is 2.02. The second-order valence-electron chi connectivity index (χ2n) is 3.92. The number of fused-ring (bicyclic) bond motifs is 1. The zero-order valence-corrected chi connectivity index (χ0v) is 9.08. The molecule has 2 rings (SSSR count). The van der Waals surface area contributed by atoms with E-state index < -0.39 is 0 Å². The minimum absolute atomic E-state index is 1.04. The summed E-state index contributed by atoms with van der Waals surface area (Å²) < 4.78 is 0. The molecule has 0 aliphatic carbocycles. The monoisotopic (exact) mass is 190 g/mol. The first kappa shape index (κ1) is 9.66. The maximum absolute atomic E-state index is 4.44. The lowest BCUT2D eigenvalue weighted by atomic mass is 10.0. The molecular weight excluding hydrogens is 172 g/mol. The second kappa shape index (κ2) is 4.09. The van der Waals surface area contributed by atoms with E-state index in [1.807, 2.05) is 0 Å². The highest BCUT2D eigenvalue weighted by atomic mass is 15.1. The van der Waals surface area contributed by atoms with Crippen molar-refractivity contribution < 1.29 is 0 Å². The molecule has 1 aromatic heterocycles. The van der Waals surface area contributed by atoms with Crippen molar-refractivity contribution in [2.24, 2.45) is 0 Å². The van der Waals surface area contributed by atoms with Gasteiger partial charge in [-0.15, -0.1) is 0 Å². The van der Waals surface area contributed by atoms with Gasteiger partial charge in [0.05, 0.1) is 0 Å². The van der Waals surface area contributed by atoms with Crippen molar-refractivity contribution in [1.82, 2.24) is 9.88 Å². The fraction of sp³-hybridized carbons (Fsp3) is 0.583. The summed E-state index contributed by atoms with van der Waals surface area (Å²) in [5.41, 5.74) is 4.17. The molecule has 0 fully saturated rings. The molecule has 0 radical (unpaired) electrons. The molecule has 0 aromatic carbocycles. The van der Waals surface area contributed by atoms with Gasteiger partial charge in [-0.3, -0.25) is 9.88 Å². The Kier molecular flexibility index (Phi) is 2.82. The van der Waals surface area contributed by atoms with Crippen molar-refractivity contribution >= 4 is 0 Å². The van der Waals surface area contributed by atoms with Crippen LogP contribution in [0, 0.1) is 0 Å². The molecule has 2 nitrogen and oxygen atoms in total. The van der Waals surface area contributed by atoms with Crippen molar-refractivity contribution in [1.29, 1.82) is 0 Å². The number of likely N-dealkylation sites (N-methyl/N-ethyl adjacent to an activating group) is 1. The van der Waals surface area contributed by atoms with Gasteiger partial charge in [0.2, 0.25) is 0 Å². The van der Waals surface area contributed by atoms with Gasteiger partial charge in [0.15, 0.2) is 0 Å². The van der Waals surface area contributed by atoms with Crippen LogP contribution in [0.15, 0.2) is 12.3 Å². The average molecular weight is 190 g/mol. The van der Waals surface area contributed by atoms with Gasteiger partial charge in [-0.1, -0.05) is 13.8 Å². The summed E-state index contributed by atoms with van der Waals surface area (Å²) in [5.74, 6) is 0. The smallest absolute Gasteiger partial charge is 0.0404 e. The Labute approximate surface area is 86.0 Å². The van der Waals surface area contributed by atoms with Crippen LogP contribution in [0.3, 0.4) is 0 Å². The third kappa shape index (κ3) is 1.80. The molecule has 0 unspecified atom stereocenters. The van der Waals surface area contributed by atoms with E-state index in [4.69, 9.17) is 0 Å². The quantitative estimate of drug-likeness (QED) is 0.709. The first-order chi connectivity index (χ1) is 6.83. The molecule has 0 spiro atoms. The average Bonchev–Trinajstić information content (AvgIpc) is 2.27. The van der Waals surface area contributed by atoms with Gasteiger partial charge in [-0.2, -0.15) is 0 Å². The summed E-state index contributed by atoms with van der Waals surface area (Å²) in [6.45, 7) is 7.85. The van der Waals surface area contributed by atoms with Gasteiger partial charge in [0.25, 0.3) is 0 Å². The van der Waals surface area contributed by atoms with Crippen LogP contribution in [0.5, 0.6) is 0 Å². The first-order valence-corrected chi connectivity index (χ1v) is 5.52. The molecule has 2 heteroatoms. The highest BCUT2D eigenvalue weighted by molar-refractivity contribution is 5.28. The number of aryl methyl sites for hydroxylation is 1. The van der Waals surface area contributed by atoms with Crippen LogP contribution in [-0.2, 0) is 19.4 Å². The van der Waals surface area contributed by atoms with Gasteiger partial charge < -0.3 is 0 Å². The molecule has 1 aromatic rings. The molecule has 76 valence electrons. The van der Waals surface area contributed by atoms with Crippen LogP contribution in [0.2, 0.25) is 0 Å². The van der Waals surface area contributed by atoms with Crippen molar-refractivity contribution in [3.8, 4) is 0 Å². The summed E-state index contributed by atoms with van der Waals surface area (Å²) in [5, 5.41) is 0. The highest BCUT2D eigenvalue weighted by Gasteiger charge is 2.14. The molecule has 0 N–H and O–H groups in total. The van der Waals surface area contributed by atoms with Crippen LogP contribution < -0.4 is 0 Å². The number of hydrogen-bond donors (Lipinski definition) is 0. The maximum atomic E-state index is 4.44. The van der Waals surface area contributed by atoms with E-state index in [1.165, 1.54) is 29.8 Å². The Morgan fingerprint density at radius 1 is 1.36 bits per heavy atom. The number of pyridine rings is 1. The summed E-state index contributed by atoms with van der Waals surface area (Å²) in [4.78, 5) is 6.93. The van der Waals surface area contributed by atoms with Gasteiger partial charge in [-0.05, 0) is 36.6 Å². The fourth-order valence-corrected chi connectivity index (χ4v) is 2.01. The lowest BCUT2D eigenvalue weighted by molar-refractivity contribution is 0.267. The van der Waals surface area contributed by atoms with Crippen molar-refractivity contribution in [3.63, 3.8) is 0 Å². The van der Waals surface area contributed by atoms with Crippen molar-refractivity contribution in [2.75, 3.05) is 13.1 Å². The van der Waals surface area contributed by atoms with E-state index in [1.54, 1.807) is 0 Å². The molecule has 1 aliphatic heterocycles.